The van der Waals surface area contributed by atoms with Gasteiger partial charge in [0.1, 0.15) is 6.42 Å². The molecule has 0 unspecified atom stereocenters. The molecule has 2 N–H and O–H groups in total. The lowest BCUT2D eigenvalue weighted by atomic mass is 10.1. The van der Waals surface area contributed by atoms with E-state index in [0.29, 0.717) is 34.2 Å². The molecule has 2 amide bonds. The molecule has 0 saturated carbocycles. The molecule has 0 radical (unpaired) electrons. The maximum absolute atomic E-state index is 12.6. The van der Waals surface area contributed by atoms with Crippen molar-refractivity contribution in [2.75, 3.05) is 32.0 Å². The van der Waals surface area contributed by atoms with Crippen LogP contribution in [0.25, 0.3) is 0 Å². The molecule has 0 aliphatic heterocycles. The Kier molecular flexibility index (Phi) is 6.61. The molecule has 0 saturated heterocycles. The van der Waals surface area contributed by atoms with Crippen LogP contribution in [0, 0.1) is 11.3 Å². The predicted octanol–water partition coefficient (Wildman–Crippen LogP) is 2.82. The van der Waals surface area contributed by atoms with Crippen LogP contribution in [0.5, 0.6) is 17.2 Å². The molecule has 2 rings (SSSR count). The fraction of sp³-hybridized carbons (Fsp3) is 0.211. The Balaban J connectivity index is 2.22. The number of hydrogen-bond acceptors (Lipinski definition) is 6. The Hall–Kier alpha value is -3.73. The Bertz CT molecular complexity index is 864. The summed E-state index contributed by atoms with van der Waals surface area (Å²) in [5, 5.41) is 13.9. The van der Waals surface area contributed by atoms with Gasteiger partial charge >= 0.3 is 0 Å². The number of carbonyl (C=O) groups excluding carboxylic acids is 2. The van der Waals surface area contributed by atoms with E-state index in [-0.39, 0.29) is 6.42 Å². The zero-order valence-electron chi connectivity index (χ0n) is 15.2. The number of amides is 2. The van der Waals surface area contributed by atoms with E-state index in [1.165, 1.54) is 33.5 Å². The summed E-state index contributed by atoms with van der Waals surface area (Å²) in [7, 11) is 4.41. The first-order valence-corrected chi connectivity index (χ1v) is 7.90. The number of rotatable bonds is 7. The normalized spacial score (nSPS) is 9.70. The predicted molar refractivity (Wildman–Crippen MR) is 99.4 cm³/mol. The van der Waals surface area contributed by atoms with Gasteiger partial charge in [-0.3, -0.25) is 9.59 Å². The van der Waals surface area contributed by atoms with Gasteiger partial charge in [-0.2, -0.15) is 5.26 Å². The highest BCUT2D eigenvalue weighted by Crippen LogP contribution is 2.38. The molecule has 0 fully saturated rings. The number of nitrogens with zero attached hydrogens (tertiary/aromatic N) is 1. The number of ether oxygens (including phenoxy) is 3. The number of hydrogen-bond donors (Lipinski definition) is 2. The summed E-state index contributed by atoms with van der Waals surface area (Å²) in [5.41, 5.74) is 1.25. The maximum atomic E-state index is 12.6. The summed E-state index contributed by atoms with van der Waals surface area (Å²) in [6, 6.07) is 11.4. The molecular weight excluding hydrogens is 350 g/mol. The van der Waals surface area contributed by atoms with E-state index in [4.69, 9.17) is 19.5 Å². The van der Waals surface area contributed by atoms with Crippen LogP contribution in [0.3, 0.4) is 0 Å². The lowest BCUT2D eigenvalue weighted by Gasteiger charge is -2.14. The lowest BCUT2D eigenvalue weighted by molar-refractivity contribution is -0.115. The van der Waals surface area contributed by atoms with E-state index < -0.39 is 11.8 Å². The van der Waals surface area contributed by atoms with Gasteiger partial charge in [-0.15, -0.1) is 0 Å². The van der Waals surface area contributed by atoms with Gasteiger partial charge in [-0.05, 0) is 30.3 Å². The Morgan fingerprint density at radius 3 is 2.07 bits per heavy atom. The fourth-order valence-corrected chi connectivity index (χ4v) is 2.37. The molecule has 0 aromatic heterocycles. The topological polar surface area (TPSA) is 110 Å². The summed E-state index contributed by atoms with van der Waals surface area (Å²) in [6.45, 7) is 0. The van der Waals surface area contributed by atoms with Gasteiger partial charge in [0.05, 0.1) is 27.4 Å². The minimum Gasteiger partial charge on any atom is -0.493 e. The van der Waals surface area contributed by atoms with Gasteiger partial charge in [0.25, 0.3) is 5.91 Å². The minimum atomic E-state index is -0.425. The van der Waals surface area contributed by atoms with Crippen molar-refractivity contribution in [3.8, 4) is 23.3 Å². The van der Waals surface area contributed by atoms with Crippen molar-refractivity contribution in [2.24, 2.45) is 0 Å². The standard InChI is InChI=1S/C19H19N3O5/c1-25-15-9-12(10-16(26-2)18(15)27-3)19(24)22-14-6-4-5-13(11-14)21-17(23)7-8-20/h4-6,9-11H,7H2,1-3H3,(H,21,23)(H,22,24). The zero-order chi connectivity index (χ0) is 19.8. The third-order valence-electron chi connectivity index (χ3n) is 3.57. The van der Waals surface area contributed by atoms with Crippen LogP contribution >= 0.6 is 0 Å². The number of nitriles is 1. The van der Waals surface area contributed by atoms with Crippen LogP contribution in [-0.2, 0) is 4.79 Å². The monoisotopic (exact) mass is 369 g/mol. The van der Waals surface area contributed by atoms with Crippen LogP contribution in [0.1, 0.15) is 16.8 Å². The van der Waals surface area contributed by atoms with Crippen molar-refractivity contribution >= 4 is 23.2 Å². The summed E-state index contributed by atoms with van der Waals surface area (Å²) in [5.74, 6) is 0.290. The molecule has 8 nitrogen and oxygen atoms in total. The van der Waals surface area contributed by atoms with Crippen LogP contribution < -0.4 is 24.8 Å². The molecule has 0 heterocycles. The number of benzene rings is 2. The van der Waals surface area contributed by atoms with E-state index in [0.717, 1.165) is 0 Å². The van der Waals surface area contributed by atoms with Crippen LogP contribution in [0.15, 0.2) is 36.4 Å². The second-order valence-corrected chi connectivity index (χ2v) is 5.33. The first-order chi connectivity index (χ1) is 13.0. The Morgan fingerprint density at radius 2 is 1.56 bits per heavy atom. The highest BCUT2D eigenvalue weighted by atomic mass is 16.5. The van der Waals surface area contributed by atoms with E-state index in [1.807, 2.05) is 0 Å². The fourth-order valence-electron chi connectivity index (χ4n) is 2.37. The molecule has 27 heavy (non-hydrogen) atoms. The highest BCUT2D eigenvalue weighted by molar-refractivity contribution is 6.05. The van der Waals surface area contributed by atoms with Crippen molar-refractivity contribution in [3.63, 3.8) is 0 Å². The van der Waals surface area contributed by atoms with E-state index in [2.05, 4.69) is 10.6 Å². The van der Waals surface area contributed by atoms with Gasteiger partial charge in [-0.25, -0.2) is 0 Å². The van der Waals surface area contributed by atoms with Gasteiger partial charge < -0.3 is 24.8 Å². The smallest absolute Gasteiger partial charge is 0.255 e. The largest absolute Gasteiger partial charge is 0.493 e. The number of carbonyl (C=O) groups is 2. The Morgan fingerprint density at radius 1 is 0.963 bits per heavy atom. The van der Waals surface area contributed by atoms with Crippen LogP contribution in [0.2, 0.25) is 0 Å². The summed E-state index contributed by atoms with van der Waals surface area (Å²) >= 11 is 0. The highest BCUT2D eigenvalue weighted by Gasteiger charge is 2.17. The minimum absolute atomic E-state index is 0.248. The molecule has 0 atom stereocenters. The molecule has 0 spiro atoms. The van der Waals surface area contributed by atoms with Crippen molar-refractivity contribution in [1.82, 2.24) is 0 Å². The van der Waals surface area contributed by atoms with Crippen LogP contribution in [0.4, 0.5) is 11.4 Å². The van der Waals surface area contributed by atoms with Crippen molar-refractivity contribution in [1.29, 1.82) is 5.26 Å². The SMILES string of the molecule is COc1cc(C(=O)Nc2cccc(NC(=O)CC#N)c2)cc(OC)c1OC. The third-order valence-corrected chi connectivity index (χ3v) is 3.57. The first-order valence-electron chi connectivity index (χ1n) is 7.90. The molecular formula is C19H19N3O5. The molecule has 0 aliphatic carbocycles. The first kappa shape index (κ1) is 19.6. The molecule has 2 aromatic rings. The van der Waals surface area contributed by atoms with E-state index in [1.54, 1.807) is 30.3 Å². The summed E-state index contributed by atoms with van der Waals surface area (Å²) in [6.07, 6.45) is -0.248. The lowest BCUT2D eigenvalue weighted by Crippen LogP contribution is -2.14. The van der Waals surface area contributed by atoms with Crippen molar-refractivity contribution in [2.45, 2.75) is 6.42 Å². The molecule has 2 aromatic carbocycles. The zero-order valence-corrected chi connectivity index (χ0v) is 15.2. The maximum Gasteiger partial charge on any atom is 0.255 e. The van der Waals surface area contributed by atoms with Gasteiger partial charge in [0.2, 0.25) is 11.7 Å². The third kappa shape index (κ3) is 4.89. The molecule has 0 aliphatic rings. The second-order valence-electron chi connectivity index (χ2n) is 5.33. The number of nitrogens with one attached hydrogen (secondary N) is 2. The van der Waals surface area contributed by atoms with Gasteiger partial charge in [0, 0.05) is 16.9 Å². The Labute approximate surface area is 156 Å². The number of methoxy groups -OCH3 is 3. The summed E-state index contributed by atoms with van der Waals surface area (Å²) < 4.78 is 15.7. The summed E-state index contributed by atoms with van der Waals surface area (Å²) in [4.78, 5) is 24.1. The molecule has 140 valence electrons. The molecule has 8 heteroatoms. The van der Waals surface area contributed by atoms with Crippen LogP contribution in [-0.4, -0.2) is 33.1 Å². The average Bonchev–Trinajstić information content (AvgIpc) is 2.67. The second kappa shape index (κ2) is 9.10. The quantitative estimate of drug-likeness (QED) is 0.777. The average molecular weight is 369 g/mol. The van der Waals surface area contributed by atoms with Crippen molar-refractivity contribution in [3.05, 3.63) is 42.0 Å². The van der Waals surface area contributed by atoms with E-state index in [9.17, 15) is 9.59 Å². The van der Waals surface area contributed by atoms with Crippen molar-refractivity contribution < 1.29 is 23.8 Å². The molecule has 0 bridgehead atoms. The van der Waals surface area contributed by atoms with E-state index >= 15 is 0 Å². The number of anilines is 2. The van der Waals surface area contributed by atoms with Gasteiger partial charge in [-0.1, -0.05) is 6.07 Å². The van der Waals surface area contributed by atoms with Gasteiger partial charge in [0.15, 0.2) is 11.5 Å².